The van der Waals surface area contributed by atoms with E-state index in [1.54, 1.807) is 64.8 Å². The molecule has 15 rings (SSSR count). The molecular formula is C67H79N17O9. The Morgan fingerprint density at radius 3 is 1.12 bits per heavy atom. The van der Waals surface area contributed by atoms with E-state index in [-0.39, 0.29) is 53.4 Å². The highest BCUT2D eigenvalue weighted by atomic mass is 16.5. The predicted molar refractivity (Wildman–Crippen MR) is 348 cm³/mol. The molecule has 6 atom stereocenters. The molecule has 0 spiro atoms. The predicted octanol–water partition coefficient (Wildman–Crippen LogP) is 10.1. The number of hydrogen-bond acceptors (Lipinski definition) is 23. The largest absolute Gasteiger partial charge is 0.473 e. The Labute approximate surface area is 536 Å². The number of ketones is 3. The summed E-state index contributed by atoms with van der Waals surface area (Å²) in [4.78, 5) is 66.1. The van der Waals surface area contributed by atoms with E-state index in [0.717, 1.165) is 125 Å². The van der Waals surface area contributed by atoms with Crippen molar-refractivity contribution in [3.8, 4) is 17.6 Å². The van der Waals surface area contributed by atoms with Gasteiger partial charge >= 0.3 is 0 Å². The summed E-state index contributed by atoms with van der Waals surface area (Å²) in [5.74, 6) is 4.67. The highest BCUT2D eigenvalue weighted by Crippen LogP contribution is 2.38. The lowest BCUT2D eigenvalue weighted by atomic mass is 9.96. The number of aryl methyl sites for hydroxylation is 1. The number of Topliss-reactive ketones (excluding diaryl/α,β-unsaturated/α-hetero) is 3. The quantitative estimate of drug-likeness (QED) is 0.0261. The zero-order valence-corrected chi connectivity index (χ0v) is 52.4. The van der Waals surface area contributed by atoms with Crippen LogP contribution in [0.3, 0.4) is 0 Å². The van der Waals surface area contributed by atoms with Gasteiger partial charge in [0, 0.05) is 75.8 Å². The summed E-state index contributed by atoms with van der Waals surface area (Å²) in [5.41, 5.74) is 6.02. The third-order valence-electron chi connectivity index (χ3n) is 18.0. The van der Waals surface area contributed by atoms with Crippen LogP contribution in [-0.4, -0.2) is 142 Å². The Balaban J connectivity index is 0.000000127. The van der Waals surface area contributed by atoms with Crippen molar-refractivity contribution in [1.29, 1.82) is 0 Å². The summed E-state index contributed by atoms with van der Waals surface area (Å²) in [6.45, 7) is 2.04. The molecular weight excluding hydrogens is 1190 g/mol. The summed E-state index contributed by atoms with van der Waals surface area (Å²) in [6, 6.07) is 16.8. The minimum atomic E-state index is -0.403. The fraction of sp³-hybridized carbons (Fsp3) is 0.463. The number of carbonyl (C=O) groups excluding carboxylic acids is 3. The third-order valence-corrected chi connectivity index (χ3v) is 18.0. The van der Waals surface area contributed by atoms with Crippen LogP contribution in [0, 0.1) is 17.8 Å². The third kappa shape index (κ3) is 14.6. The smallest absolute Gasteiger partial charge is 0.238 e. The maximum absolute atomic E-state index is 13.0. The number of anilines is 8. The van der Waals surface area contributed by atoms with Crippen LogP contribution in [0.5, 0.6) is 17.6 Å². The molecule has 0 amide bonds. The first-order valence-electron chi connectivity index (χ1n) is 32.7. The lowest BCUT2D eigenvalue weighted by Gasteiger charge is -2.14. The maximum atomic E-state index is 13.0. The average molecular weight is 1270 g/mol. The normalized spacial score (nSPS) is 20.8. The second kappa shape index (κ2) is 27.8. The lowest BCUT2D eigenvalue weighted by molar-refractivity contribution is 0.0865. The van der Waals surface area contributed by atoms with Crippen molar-refractivity contribution in [3.63, 3.8) is 0 Å². The molecule has 8 N–H and O–H groups in total. The SMILES string of the molecule is CCc1cc(Nc2cccnc2OC2CC2)nc2c(C(=O)C[C@@H]3CCC[C@H]3O)cnn12.CNc1cc(Nc2cccnc2OC2CC2)nc2c(C(=O)CC3CCC[C@H]3O)cnn12.CNc1cc(Nc2cccnc2OC2CC2)nc2c(C(=O)C[C@H]3CCC[C@@H]3O)cnn12. The van der Waals surface area contributed by atoms with Gasteiger partial charge in [-0.15, -0.1) is 0 Å². The molecule has 9 aromatic heterocycles. The number of ether oxygens (including phenoxy) is 3. The van der Waals surface area contributed by atoms with Gasteiger partial charge in [-0.25, -0.2) is 34.4 Å². The van der Waals surface area contributed by atoms with Crippen LogP contribution in [-0.2, 0) is 6.42 Å². The van der Waals surface area contributed by atoms with Crippen LogP contribution in [0.1, 0.15) is 159 Å². The first-order chi connectivity index (χ1) is 45.4. The summed E-state index contributed by atoms with van der Waals surface area (Å²) in [6.07, 6.45) is 25.1. The maximum Gasteiger partial charge on any atom is 0.238 e. The van der Waals surface area contributed by atoms with E-state index in [4.69, 9.17) is 19.2 Å². The molecule has 0 bridgehead atoms. The van der Waals surface area contributed by atoms with Crippen molar-refractivity contribution in [2.24, 2.45) is 17.8 Å². The molecule has 9 heterocycles. The number of aliphatic hydroxyl groups excluding tert-OH is 3. The number of hydrogen-bond donors (Lipinski definition) is 8. The second-order valence-electron chi connectivity index (χ2n) is 25.0. The second-order valence-corrected chi connectivity index (χ2v) is 25.0. The van der Waals surface area contributed by atoms with Crippen LogP contribution < -0.4 is 40.8 Å². The first kappa shape index (κ1) is 62.4. The molecule has 0 saturated heterocycles. The molecule has 0 aliphatic heterocycles. The molecule has 1 unspecified atom stereocenters. The molecule has 9 aromatic rings. The standard InChI is InChI=1S/C23H27N5O3.2C22H26N6O3/c1-2-15-12-21(26-18-6-4-10-24-23(18)31-16-8-9-16)27-22-17(13-25-28(15)22)20(30)11-14-5-3-7-19(14)29;2*1-23-20-11-19(26-16-5-3-9-24-22(16)31-14-7-8-14)27-21-15(12-25-28(20)21)18(30)10-13-4-2-6-17(13)29/h4,6,10,12-14,16,19,29H,2-3,5,7-9,11H2,1H3,(H,26,27);2*3,5,9,11-14,17,23,29H,2,4,6-8,10H2,1H3,(H,26,27)/t14-,19+;13?,17-;13-,17+/m011/s1. The molecule has 93 heavy (non-hydrogen) atoms. The first-order valence-corrected chi connectivity index (χ1v) is 32.7. The molecule has 0 radical (unpaired) electrons. The molecule has 6 aliphatic carbocycles. The lowest BCUT2D eigenvalue weighted by Crippen LogP contribution is -2.17. The fourth-order valence-electron chi connectivity index (χ4n) is 12.3. The molecule has 26 nitrogen and oxygen atoms in total. The van der Waals surface area contributed by atoms with Gasteiger partial charge in [-0.3, -0.25) is 14.4 Å². The van der Waals surface area contributed by atoms with Crippen molar-refractivity contribution >= 4 is 80.4 Å². The molecule has 26 heteroatoms. The van der Waals surface area contributed by atoms with Gasteiger partial charge in [-0.05, 0) is 138 Å². The molecule has 6 aliphatic rings. The van der Waals surface area contributed by atoms with E-state index in [1.165, 1.54) is 0 Å². The van der Waals surface area contributed by atoms with E-state index >= 15 is 0 Å². The Morgan fingerprint density at radius 2 is 0.806 bits per heavy atom. The fourth-order valence-corrected chi connectivity index (χ4v) is 12.3. The van der Waals surface area contributed by atoms with Crippen molar-refractivity contribution in [2.75, 3.05) is 40.7 Å². The van der Waals surface area contributed by atoms with Gasteiger partial charge in [-0.2, -0.15) is 24.3 Å². The van der Waals surface area contributed by atoms with Crippen LogP contribution in [0.4, 0.5) is 46.2 Å². The summed E-state index contributed by atoms with van der Waals surface area (Å²) >= 11 is 0. The number of carbonyl (C=O) groups is 3. The number of pyridine rings is 3. The number of aromatic nitrogens is 12. The Morgan fingerprint density at radius 1 is 0.473 bits per heavy atom. The zero-order chi connectivity index (χ0) is 64.1. The van der Waals surface area contributed by atoms with Crippen molar-refractivity contribution in [3.05, 3.63) is 114 Å². The number of aliphatic hydroxyl groups is 3. The Bertz CT molecular complexity index is 3740. The van der Waals surface area contributed by atoms with Gasteiger partial charge in [-0.1, -0.05) is 26.2 Å². The van der Waals surface area contributed by atoms with Gasteiger partial charge in [0.2, 0.25) is 17.6 Å². The highest BCUT2D eigenvalue weighted by Gasteiger charge is 2.34. The van der Waals surface area contributed by atoms with E-state index in [0.29, 0.717) is 99.6 Å². The molecule has 6 saturated carbocycles. The molecule has 0 aromatic carbocycles. The van der Waals surface area contributed by atoms with Crippen molar-refractivity contribution in [2.45, 2.75) is 166 Å². The van der Waals surface area contributed by atoms with E-state index in [1.807, 2.05) is 61.5 Å². The van der Waals surface area contributed by atoms with Crippen LogP contribution in [0.2, 0.25) is 0 Å². The minimum Gasteiger partial charge on any atom is -0.473 e. The minimum absolute atomic E-state index is 0.00468. The average Bonchev–Trinajstić information content (AvgIpc) is 1.73. The summed E-state index contributed by atoms with van der Waals surface area (Å²) < 4.78 is 22.7. The van der Waals surface area contributed by atoms with Gasteiger partial charge < -0.3 is 56.1 Å². The zero-order valence-electron chi connectivity index (χ0n) is 52.4. The van der Waals surface area contributed by atoms with Gasteiger partial charge in [0.25, 0.3) is 0 Å². The van der Waals surface area contributed by atoms with Crippen LogP contribution in [0.15, 0.2) is 91.8 Å². The van der Waals surface area contributed by atoms with Gasteiger partial charge in [0.05, 0.1) is 53.6 Å². The topological polar surface area (TPSA) is 329 Å². The van der Waals surface area contributed by atoms with Crippen molar-refractivity contribution in [1.82, 2.24) is 58.7 Å². The van der Waals surface area contributed by atoms with E-state index in [9.17, 15) is 29.7 Å². The van der Waals surface area contributed by atoms with E-state index in [2.05, 4.69) is 66.8 Å². The Kier molecular flexibility index (Phi) is 18.7. The highest BCUT2D eigenvalue weighted by molar-refractivity contribution is 6.03. The van der Waals surface area contributed by atoms with E-state index < -0.39 is 18.3 Å². The van der Waals surface area contributed by atoms with Crippen molar-refractivity contribution < 1.29 is 43.9 Å². The summed E-state index contributed by atoms with van der Waals surface area (Å²) in [5, 5.41) is 59.6. The van der Waals surface area contributed by atoms with Gasteiger partial charge in [0.1, 0.15) is 64.5 Å². The van der Waals surface area contributed by atoms with Crippen LogP contribution in [0.25, 0.3) is 16.9 Å². The molecule has 486 valence electrons. The Hall–Kier alpha value is -9.40. The number of fused-ring (bicyclic) bond motifs is 3. The number of nitrogens with one attached hydrogen (secondary N) is 5. The number of rotatable bonds is 24. The number of nitrogens with zero attached hydrogens (tertiary/aromatic N) is 12. The monoisotopic (exact) mass is 1270 g/mol. The molecule has 6 fully saturated rings. The van der Waals surface area contributed by atoms with Gasteiger partial charge in [0.15, 0.2) is 34.3 Å². The summed E-state index contributed by atoms with van der Waals surface area (Å²) in [7, 11) is 3.59. The van der Waals surface area contributed by atoms with Crippen LogP contribution >= 0.6 is 0 Å².